The van der Waals surface area contributed by atoms with Crippen LogP contribution in [0.1, 0.15) is 39.2 Å². The zero-order valence-electron chi connectivity index (χ0n) is 12.8. The van der Waals surface area contributed by atoms with E-state index in [4.69, 9.17) is 5.11 Å². The molecule has 1 amide bonds. The third kappa shape index (κ3) is 7.18. The van der Waals surface area contributed by atoms with Gasteiger partial charge >= 0.3 is 5.97 Å². The topological polar surface area (TPSA) is 66.4 Å². The van der Waals surface area contributed by atoms with Crippen LogP contribution < -0.4 is 5.32 Å². The van der Waals surface area contributed by atoms with Gasteiger partial charge in [-0.25, -0.2) is 4.79 Å². The molecule has 21 heavy (non-hydrogen) atoms. The predicted octanol–water partition coefficient (Wildman–Crippen LogP) is 3.07. The minimum atomic E-state index is -0.978. The van der Waals surface area contributed by atoms with Gasteiger partial charge in [-0.3, -0.25) is 4.79 Å². The van der Waals surface area contributed by atoms with Gasteiger partial charge in [-0.05, 0) is 18.4 Å². The van der Waals surface area contributed by atoms with E-state index in [2.05, 4.69) is 31.3 Å². The number of thioether (sulfide) groups is 1. The van der Waals surface area contributed by atoms with Crippen LogP contribution in [-0.4, -0.2) is 27.8 Å². The summed E-state index contributed by atoms with van der Waals surface area (Å²) >= 11 is 1.80. The largest absolute Gasteiger partial charge is 0.480 e. The van der Waals surface area contributed by atoms with Crippen molar-refractivity contribution in [3.05, 3.63) is 35.9 Å². The highest BCUT2D eigenvalue weighted by Gasteiger charge is 2.24. The van der Waals surface area contributed by atoms with Crippen LogP contribution in [0.5, 0.6) is 0 Å². The van der Waals surface area contributed by atoms with E-state index < -0.39 is 12.0 Å². The van der Waals surface area contributed by atoms with Crippen molar-refractivity contribution in [2.24, 2.45) is 0 Å². The van der Waals surface area contributed by atoms with Crippen molar-refractivity contribution in [3.8, 4) is 0 Å². The fraction of sp³-hybridized carbons (Fsp3) is 0.500. The second-order valence-corrected chi connectivity index (χ2v) is 7.35. The summed E-state index contributed by atoms with van der Waals surface area (Å²) in [5, 5.41) is 11.6. The van der Waals surface area contributed by atoms with Crippen molar-refractivity contribution >= 4 is 23.6 Å². The van der Waals surface area contributed by atoms with Gasteiger partial charge in [0.1, 0.15) is 6.04 Å². The molecule has 0 aliphatic rings. The first-order valence-corrected chi connectivity index (χ1v) is 7.96. The fourth-order valence-corrected chi connectivity index (χ4v) is 2.93. The van der Waals surface area contributed by atoms with E-state index in [1.54, 1.807) is 11.8 Å². The minimum absolute atomic E-state index is 0.0397. The van der Waals surface area contributed by atoms with Crippen LogP contribution >= 0.6 is 11.8 Å². The van der Waals surface area contributed by atoms with Crippen molar-refractivity contribution in [2.45, 2.75) is 50.2 Å². The van der Waals surface area contributed by atoms with Crippen LogP contribution in [0.25, 0.3) is 0 Å². The molecule has 0 aliphatic heterocycles. The van der Waals surface area contributed by atoms with Crippen LogP contribution in [-0.2, 0) is 15.3 Å². The van der Waals surface area contributed by atoms with Gasteiger partial charge < -0.3 is 10.4 Å². The molecule has 0 saturated heterocycles. The molecule has 2 N–H and O–H groups in total. The number of aliphatic carboxylic acids is 1. The second-order valence-electron chi connectivity index (χ2n) is 5.66. The summed E-state index contributed by atoms with van der Waals surface area (Å²) in [6, 6.07) is 9.38. The van der Waals surface area contributed by atoms with E-state index in [1.165, 1.54) is 12.5 Å². The molecule has 0 bridgehead atoms. The van der Waals surface area contributed by atoms with E-state index in [9.17, 15) is 9.59 Å². The van der Waals surface area contributed by atoms with E-state index >= 15 is 0 Å². The van der Waals surface area contributed by atoms with E-state index in [0.29, 0.717) is 6.42 Å². The third-order valence-electron chi connectivity index (χ3n) is 3.18. The number of nitrogens with one attached hydrogen (secondary N) is 1. The number of hydrogen-bond donors (Lipinski definition) is 2. The highest BCUT2D eigenvalue weighted by atomic mass is 32.2. The van der Waals surface area contributed by atoms with Gasteiger partial charge in [0.15, 0.2) is 0 Å². The van der Waals surface area contributed by atoms with Crippen molar-refractivity contribution in [3.63, 3.8) is 0 Å². The average molecular weight is 309 g/mol. The van der Waals surface area contributed by atoms with E-state index in [1.807, 2.05) is 18.2 Å². The van der Waals surface area contributed by atoms with E-state index in [-0.39, 0.29) is 10.7 Å². The highest BCUT2D eigenvalue weighted by molar-refractivity contribution is 7.99. The molecule has 5 heteroatoms. The van der Waals surface area contributed by atoms with Crippen molar-refractivity contribution < 1.29 is 14.7 Å². The first-order chi connectivity index (χ1) is 9.80. The maximum atomic E-state index is 11.1. The molecule has 0 unspecified atom stereocenters. The Labute approximate surface area is 130 Å². The molecule has 116 valence electrons. The summed E-state index contributed by atoms with van der Waals surface area (Å²) in [7, 11) is 0. The van der Waals surface area contributed by atoms with Crippen molar-refractivity contribution in [1.82, 2.24) is 5.32 Å². The van der Waals surface area contributed by atoms with Gasteiger partial charge in [0.25, 0.3) is 0 Å². The molecule has 0 spiro atoms. The van der Waals surface area contributed by atoms with Crippen LogP contribution in [0.15, 0.2) is 30.3 Å². The lowest BCUT2D eigenvalue weighted by Crippen LogP contribution is -2.40. The molecule has 0 saturated carbocycles. The Morgan fingerprint density at radius 1 is 1.29 bits per heavy atom. The molecule has 0 aromatic heterocycles. The van der Waals surface area contributed by atoms with Crippen LogP contribution in [0.4, 0.5) is 0 Å². The number of carbonyl (C=O) groups is 2. The van der Waals surface area contributed by atoms with Crippen molar-refractivity contribution in [2.75, 3.05) is 0 Å². The Balaban J connectivity index is 2.47. The first kappa shape index (κ1) is 17.6. The molecule has 0 aliphatic carbocycles. The van der Waals surface area contributed by atoms with Gasteiger partial charge in [0, 0.05) is 17.4 Å². The maximum absolute atomic E-state index is 11.1. The Kier molecular flexibility index (Phi) is 6.75. The number of hydrogen-bond acceptors (Lipinski definition) is 3. The monoisotopic (exact) mass is 309 g/mol. The number of carbonyl (C=O) groups excluding carboxylic acids is 1. The lowest BCUT2D eigenvalue weighted by atomic mass is 10.0. The predicted molar refractivity (Wildman–Crippen MR) is 86.3 cm³/mol. The van der Waals surface area contributed by atoms with Crippen LogP contribution in [0.3, 0.4) is 0 Å². The smallest absolute Gasteiger partial charge is 0.326 e. The molecule has 1 aromatic rings. The Bertz CT molecular complexity index is 474. The third-order valence-corrected chi connectivity index (χ3v) is 4.65. The summed E-state index contributed by atoms with van der Waals surface area (Å²) in [6.07, 6.45) is 1.16. The lowest BCUT2D eigenvalue weighted by Gasteiger charge is -2.26. The Morgan fingerprint density at radius 2 is 1.90 bits per heavy atom. The fourth-order valence-electron chi connectivity index (χ4n) is 1.92. The summed E-state index contributed by atoms with van der Waals surface area (Å²) in [6.45, 7) is 5.55. The Morgan fingerprint density at radius 3 is 2.43 bits per heavy atom. The van der Waals surface area contributed by atoms with Gasteiger partial charge in [-0.1, -0.05) is 44.2 Å². The van der Waals surface area contributed by atoms with Gasteiger partial charge in [0.2, 0.25) is 5.91 Å². The summed E-state index contributed by atoms with van der Waals surface area (Å²) < 4.78 is -0.0397. The van der Waals surface area contributed by atoms with Gasteiger partial charge in [-0.15, -0.1) is 0 Å². The normalized spacial score (nSPS) is 12.7. The second kappa shape index (κ2) is 8.08. The molecule has 1 rings (SSSR count). The van der Waals surface area contributed by atoms with Gasteiger partial charge in [-0.2, -0.15) is 11.8 Å². The van der Waals surface area contributed by atoms with Crippen LogP contribution in [0, 0.1) is 0 Å². The molecule has 4 nitrogen and oxygen atoms in total. The summed E-state index contributed by atoms with van der Waals surface area (Å²) in [5.41, 5.74) is 1.26. The number of amides is 1. The molecule has 1 atom stereocenters. The molecular weight excluding hydrogens is 286 g/mol. The number of carboxylic acids is 1. The quantitative estimate of drug-likeness (QED) is 0.774. The minimum Gasteiger partial charge on any atom is -0.480 e. The average Bonchev–Trinajstić information content (AvgIpc) is 2.42. The zero-order valence-corrected chi connectivity index (χ0v) is 13.6. The molecule has 0 heterocycles. The van der Waals surface area contributed by atoms with Crippen molar-refractivity contribution in [1.29, 1.82) is 0 Å². The number of carboxylic acid groups (broad SMARTS) is 1. The summed E-state index contributed by atoms with van der Waals surface area (Å²) in [4.78, 5) is 22.1. The van der Waals surface area contributed by atoms with E-state index in [0.717, 1.165) is 12.2 Å². The summed E-state index contributed by atoms with van der Waals surface area (Å²) in [5.74, 6) is -0.391. The molecule has 0 fully saturated rings. The highest BCUT2D eigenvalue weighted by Crippen LogP contribution is 2.32. The number of benzene rings is 1. The lowest BCUT2D eigenvalue weighted by molar-refractivity contribution is -0.141. The standard InChI is InChI=1S/C16H23NO3S/c1-12(18)17-14(15(19)20)9-10-16(2,3)21-11-13-7-5-4-6-8-13/h4-8,14H,9-11H2,1-3H3,(H,17,18)(H,19,20)/t14-/m1/s1. The first-order valence-electron chi connectivity index (χ1n) is 6.98. The molecule has 1 aromatic carbocycles. The SMILES string of the molecule is CC(=O)N[C@H](CCC(C)(C)SCc1ccccc1)C(=O)O. The maximum Gasteiger partial charge on any atom is 0.326 e. The van der Waals surface area contributed by atoms with Crippen LogP contribution in [0.2, 0.25) is 0 Å². The number of rotatable bonds is 8. The van der Waals surface area contributed by atoms with Gasteiger partial charge in [0.05, 0.1) is 0 Å². The Hall–Kier alpha value is -1.49. The molecular formula is C16H23NO3S. The molecule has 0 radical (unpaired) electrons. The zero-order chi connectivity index (χ0) is 15.9.